The fourth-order valence-electron chi connectivity index (χ4n) is 2.22. The Bertz CT molecular complexity index is 916. The van der Waals surface area contributed by atoms with Crippen LogP contribution in [0.2, 0.25) is 5.02 Å². The number of rotatable bonds is 3. The fraction of sp³-hybridized carbons (Fsp3) is 0.0526. The van der Waals surface area contributed by atoms with Crippen LogP contribution in [0.4, 0.5) is 0 Å². The number of carbonyl (C=O) groups excluding carboxylic acids is 2. The number of amides is 2. The zero-order valence-electron chi connectivity index (χ0n) is 13.4. The number of benzene rings is 2. The number of carbonyl (C=O) groups is 2. The van der Waals surface area contributed by atoms with Crippen molar-refractivity contribution in [2.24, 2.45) is 0 Å². The predicted molar refractivity (Wildman–Crippen MR) is 95.3 cm³/mol. The molecular weight excluding hydrogens is 340 g/mol. The largest absolute Gasteiger partial charge is 0.451 e. The first kappa shape index (κ1) is 16.8. The molecule has 3 rings (SSSR count). The fourth-order valence-corrected chi connectivity index (χ4v) is 2.45. The molecule has 0 aliphatic rings. The van der Waals surface area contributed by atoms with Crippen molar-refractivity contribution in [3.8, 4) is 11.3 Å². The third-order valence-electron chi connectivity index (χ3n) is 3.57. The van der Waals surface area contributed by atoms with Crippen LogP contribution in [0.5, 0.6) is 0 Å². The molecule has 25 heavy (non-hydrogen) atoms. The van der Waals surface area contributed by atoms with E-state index in [1.807, 2.05) is 31.2 Å². The average Bonchev–Trinajstić information content (AvgIpc) is 3.10. The number of hydrogen-bond acceptors (Lipinski definition) is 3. The standard InChI is InChI=1S/C19H15ClN2O3/c1-12-6-8-13(9-7-12)18(23)21-22-19(24)17-11-10-16(25-17)14-4-2-3-5-15(14)20/h2-11H,1H3,(H,21,23)(H,22,24). The summed E-state index contributed by atoms with van der Waals surface area (Å²) >= 11 is 6.11. The van der Waals surface area contributed by atoms with E-state index in [0.717, 1.165) is 5.56 Å². The summed E-state index contributed by atoms with van der Waals surface area (Å²) in [6.45, 7) is 1.93. The third kappa shape index (κ3) is 3.89. The van der Waals surface area contributed by atoms with Gasteiger partial charge >= 0.3 is 5.91 Å². The molecule has 2 aromatic carbocycles. The molecule has 0 atom stereocenters. The van der Waals surface area contributed by atoms with Gasteiger partial charge < -0.3 is 4.42 Å². The Labute approximate surface area is 149 Å². The summed E-state index contributed by atoms with van der Waals surface area (Å²) in [4.78, 5) is 24.1. The highest BCUT2D eigenvalue weighted by Gasteiger charge is 2.14. The van der Waals surface area contributed by atoms with Gasteiger partial charge in [0.1, 0.15) is 5.76 Å². The van der Waals surface area contributed by atoms with E-state index in [1.165, 1.54) is 6.07 Å². The lowest BCUT2D eigenvalue weighted by Gasteiger charge is -2.06. The van der Waals surface area contributed by atoms with Crippen molar-refractivity contribution in [2.75, 3.05) is 0 Å². The van der Waals surface area contributed by atoms with Crippen molar-refractivity contribution in [3.05, 3.63) is 82.6 Å². The Morgan fingerprint density at radius 1 is 0.880 bits per heavy atom. The van der Waals surface area contributed by atoms with E-state index in [2.05, 4.69) is 10.9 Å². The van der Waals surface area contributed by atoms with E-state index < -0.39 is 11.8 Å². The first-order valence-corrected chi connectivity index (χ1v) is 7.94. The van der Waals surface area contributed by atoms with E-state index in [-0.39, 0.29) is 5.76 Å². The summed E-state index contributed by atoms with van der Waals surface area (Å²) in [7, 11) is 0. The third-order valence-corrected chi connectivity index (χ3v) is 3.90. The van der Waals surface area contributed by atoms with Crippen LogP contribution in [0, 0.1) is 6.92 Å². The molecule has 126 valence electrons. The second-order valence-electron chi connectivity index (χ2n) is 5.42. The number of hydrazine groups is 1. The molecule has 0 aliphatic carbocycles. The maximum absolute atomic E-state index is 12.1. The molecular formula is C19H15ClN2O3. The number of halogens is 1. The van der Waals surface area contributed by atoms with Crippen LogP contribution in [0.3, 0.4) is 0 Å². The minimum absolute atomic E-state index is 0.0686. The second kappa shape index (κ2) is 7.23. The number of aryl methyl sites for hydroxylation is 1. The summed E-state index contributed by atoms with van der Waals surface area (Å²) in [5, 5.41) is 0.525. The van der Waals surface area contributed by atoms with Crippen molar-refractivity contribution < 1.29 is 14.0 Å². The lowest BCUT2D eigenvalue weighted by atomic mass is 10.1. The highest BCUT2D eigenvalue weighted by Crippen LogP contribution is 2.28. The maximum Gasteiger partial charge on any atom is 0.305 e. The molecule has 2 N–H and O–H groups in total. The van der Waals surface area contributed by atoms with Gasteiger partial charge in [-0.2, -0.15) is 0 Å². The summed E-state index contributed by atoms with van der Waals surface area (Å²) in [5.41, 5.74) is 6.86. The van der Waals surface area contributed by atoms with Gasteiger partial charge in [0.2, 0.25) is 0 Å². The minimum Gasteiger partial charge on any atom is -0.451 e. The lowest BCUT2D eigenvalue weighted by molar-refractivity contribution is 0.0831. The van der Waals surface area contributed by atoms with Crippen LogP contribution in [0.1, 0.15) is 26.5 Å². The summed E-state index contributed by atoms with van der Waals surface area (Å²) in [5.74, 6) is -0.426. The molecule has 0 aliphatic heterocycles. The molecule has 0 bridgehead atoms. The van der Waals surface area contributed by atoms with E-state index in [1.54, 1.807) is 30.3 Å². The normalized spacial score (nSPS) is 10.3. The molecule has 3 aromatic rings. The van der Waals surface area contributed by atoms with Gasteiger partial charge in [0.25, 0.3) is 5.91 Å². The van der Waals surface area contributed by atoms with Gasteiger partial charge in [-0.05, 0) is 43.3 Å². The van der Waals surface area contributed by atoms with Crippen LogP contribution in [-0.2, 0) is 0 Å². The van der Waals surface area contributed by atoms with E-state index in [4.69, 9.17) is 16.0 Å². The molecule has 1 heterocycles. The number of furan rings is 1. The zero-order valence-corrected chi connectivity index (χ0v) is 14.1. The SMILES string of the molecule is Cc1ccc(C(=O)NNC(=O)c2ccc(-c3ccccc3Cl)o2)cc1. The van der Waals surface area contributed by atoms with Gasteiger partial charge in [0, 0.05) is 11.1 Å². The van der Waals surface area contributed by atoms with Crippen molar-refractivity contribution in [2.45, 2.75) is 6.92 Å². The quantitative estimate of drug-likeness (QED) is 0.699. The van der Waals surface area contributed by atoms with Crippen molar-refractivity contribution in [3.63, 3.8) is 0 Å². The maximum atomic E-state index is 12.1. The van der Waals surface area contributed by atoms with Crippen LogP contribution in [-0.4, -0.2) is 11.8 Å². The van der Waals surface area contributed by atoms with Gasteiger partial charge in [-0.3, -0.25) is 20.4 Å². The van der Waals surface area contributed by atoms with E-state index in [0.29, 0.717) is 21.9 Å². The summed E-state index contributed by atoms with van der Waals surface area (Å²) in [6.07, 6.45) is 0. The Kier molecular flexibility index (Phi) is 4.86. The predicted octanol–water partition coefficient (Wildman–Crippen LogP) is 3.98. The summed E-state index contributed by atoms with van der Waals surface area (Å²) < 4.78 is 5.52. The molecule has 6 heteroatoms. The monoisotopic (exact) mass is 354 g/mol. The van der Waals surface area contributed by atoms with Gasteiger partial charge in [-0.15, -0.1) is 0 Å². The van der Waals surface area contributed by atoms with Gasteiger partial charge in [0.05, 0.1) is 5.02 Å². The second-order valence-corrected chi connectivity index (χ2v) is 5.83. The first-order valence-electron chi connectivity index (χ1n) is 7.56. The van der Waals surface area contributed by atoms with Gasteiger partial charge in [-0.25, -0.2) is 0 Å². The topological polar surface area (TPSA) is 71.3 Å². The molecule has 0 unspecified atom stereocenters. The Morgan fingerprint density at radius 2 is 1.56 bits per heavy atom. The molecule has 0 fully saturated rings. The average molecular weight is 355 g/mol. The minimum atomic E-state index is -0.557. The van der Waals surface area contributed by atoms with Crippen LogP contribution < -0.4 is 10.9 Å². The van der Waals surface area contributed by atoms with Crippen molar-refractivity contribution in [1.82, 2.24) is 10.9 Å². The van der Waals surface area contributed by atoms with Gasteiger partial charge in [-0.1, -0.05) is 41.4 Å². The Morgan fingerprint density at radius 3 is 2.28 bits per heavy atom. The number of hydrogen-bond donors (Lipinski definition) is 2. The van der Waals surface area contributed by atoms with Crippen LogP contribution in [0.25, 0.3) is 11.3 Å². The number of nitrogens with one attached hydrogen (secondary N) is 2. The molecule has 1 aromatic heterocycles. The van der Waals surface area contributed by atoms with Crippen LogP contribution >= 0.6 is 11.6 Å². The van der Waals surface area contributed by atoms with Crippen molar-refractivity contribution >= 4 is 23.4 Å². The van der Waals surface area contributed by atoms with Crippen LogP contribution in [0.15, 0.2) is 65.1 Å². The molecule has 0 saturated carbocycles. The Hall–Kier alpha value is -3.05. The molecule has 0 spiro atoms. The lowest BCUT2D eigenvalue weighted by Crippen LogP contribution is -2.41. The first-order chi connectivity index (χ1) is 12.0. The highest BCUT2D eigenvalue weighted by atomic mass is 35.5. The van der Waals surface area contributed by atoms with E-state index in [9.17, 15) is 9.59 Å². The van der Waals surface area contributed by atoms with E-state index >= 15 is 0 Å². The Balaban J connectivity index is 1.65. The molecule has 2 amide bonds. The van der Waals surface area contributed by atoms with Crippen molar-refractivity contribution in [1.29, 1.82) is 0 Å². The smallest absolute Gasteiger partial charge is 0.305 e. The zero-order chi connectivity index (χ0) is 17.8. The molecule has 0 radical (unpaired) electrons. The highest BCUT2D eigenvalue weighted by molar-refractivity contribution is 6.33. The summed E-state index contributed by atoms with van der Waals surface area (Å²) in [6, 6.07) is 17.3. The molecule has 5 nitrogen and oxygen atoms in total. The molecule has 0 saturated heterocycles. The van der Waals surface area contributed by atoms with Gasteiger partial charge in [0.15, 0.2) is 5.76 Å².